The fourth-order valence-corrected chi connectivity index (χ4v) is 2.39. The number of hydrogen-bond acceptors (Lipinski definition) is 5. The molecule has 0 bridgehead atoms. The molecule has 0 atom stereocenters. The van der Waals surface area contributed by atoms with Crippen LogP contribution in [-0.4, -0.2) is 33.4 Å². The van der Waals surface area contributed by atoms with Crippen molar-refractivity contribution in [3.8, 4) is 17.2 Å². The molecular weight excluding hydrogens is 304 g/mol. The van der Waals surface area contributed by atoms with Crippen molar-refractivity contribution in [3.63, 3.8) is 0 Å². The zero-order valence-corrected chi connectivity index (χ0v) is 13.8. The van der Waals surface area contributed by atoms with Gasteiger partial charge in [0.05, 0.1) is 21.3 Å². The SMILES string of the molecule is COc1cc(N(C)Cc2ccnc(Cl)c2)cc(OC)c1OC. The number of anilines is 1. The fraction of sp³-hybridized carbons (Fsp3) is 0.312. The standard InChI is InChI=1S/C16H19ClN2O3/c1-19(10-11-5-6-18-15(17)7-11)12-8-13(20-2)16(22-4)14(9-12)21-3/h5-9H,10H2,1-4H3. The molecule has 0 N–H and O–H groups in total. The van der Waals surface area contributed by atoms with E-state index in [0.29, 0.717) is 28.9 Å². The van der Waals surface area contributed by atoms with Crippen LogP contribution in [0.4, 0.5) is 5.69 Å². The van der Waals surface area contributed by atoms with Crippen molar-refractivity contribution < 1.29 is 14.2 Å². The minimum absolute atomic E-state index is 0.482. The molecule has 0 unspecified atom stereocenters. The van der Waals surface area contributed by atoms with Crippen molar-refractivity contribution in [2.75, 3.05) is 33.3 Å². The topological polar surface area (TPSA) is 43.8 Å². The van der Waals surface area contributed by atoms with Crippen molar-refractivity contribution in [1.82, 2.24) is 4.98 Å². The monoisotopic (exact) mass is 322 g/mol. The number of pyridine rings is 1. The Morgan fingerprint density at radius 1 is 1.05 bits per heavy atom. The zero-order chi connectivity index (χ0) is 16.1. The first kappa shape index (κ1) is 16.2. The second kappa shape index (κ2) is 7.22. The van der Waals surface area contributed by atoms with Crippen LogP contribution in [-0.2, 0) is 6.54 Å². The largest absolute Gasteiger partial charge is 0.493 e. The number of rotatable bonds is 6. The van der Waals surface area contributed by atoms with Gasteiger partial charge in [0.1, 0.15) is 5.15 Å². The number of ether oxygens (including phenoxy) is 3. The third kappa shape index (κ3) is 3.54. The molecule has 2 rings (SSSR count). The molecule has 0 fully saturated rings. The Morgan fingerprint density at radius 2 is 1.68 bits per heavy atom. The van der Waals surface area contributed by atoms with Gasteiger partial charge in [-0.2, -0.15) is 0 Å². The molecule has 5 nitrogen and oxygen atoms in total. The van der Waals surface area contributed by atoms with Crippen molar-refractivity contribution in [2.45, 2.75) is 6.54 Å². The average Bonchev–Trinajstić information content (AvgIpc) is 2.53. The molecule has 0 aliphatic rings. The summed E-state index contributed by atoms with van der Waals surface area (Å²) in [7, 11) is 6.77. The Morgan fingerprint density at radius 3 is 2.18 bits per heavy atom. The fourth-order valence-electron chi connectivity index (χ4n) is 2.19. The van der Waals surface area contributed by atoms with Gasteiger partial charge in [0.2, 0.25) is 5.75 Å². The van der Waals surface area contributed by atoms with Gasteiger partial charge < -0.3 is 19.1 Å². The lowest BCUT2D eigenvalue weighted by Crippen LogP contribution is -2.16. The lowest BCUT2D eigenvalue weighted by atomic mass is 10.2. The molecule has 0 amide bonds. The highest BCUT2D eigenvalue weighted by molar-refractivity contribution is 6.29. The lowest BCUT2D eigenvalue weighted by molar-refractivity contribution is 0.324. The molecule has 1 aromatic heterocycles. The Bertz CT molecular complexity index is 624. The second-order valence-electron chi connectivity index (χ2n) is 4.73. The summed E-state index contributed by atoms with van der Waals surface area (Å²) in [5, 5.41) is 0.482. The molecule has 2 aromatic rings. The molecule has 0 saturated carbocycles. The van der Waals surface area contributed by atoms with Gasteiger partial charge in [-0.25, -0.2) is 4.98 Å². The summed E-state index contributed by atoms with van der Waals surface area (Å²) in [4.78, 5) is 6.05. The van der Waals surface area contributed by atoms with E-state index in [2.05, 4.69) is 9.88 Å². The summed E-state index contributed by atoms with van der Waals surface area (Å²) in [6, 6.07) is 7.59. The minimum atomic E-state index is 0.482. The maximum absolute atomic E-state index is 5.92. The first-order valence-corrected chi connectivity index (χ1v) is 7.08. The van der Waals surface area contributed by atoms with Gasteiger partial charge in [0.25, 0.3) is 0 Å². The summed E-state index contributed by atoms with van der Waals surface area (Å²) in [6.07, 6.45) is 1.70. The number of methoxy groups -OCH3 is 3. The Kier molecular flexibility index (Phi) is 5.33. The summed E-state index contributed by atoms with van der Waals surface area (Å²) in [6.45, 7) is 0.681. The van der Waals surface area contributed by atoms with E-state index in [1.807, 2.05) is 31.3 Å². The number of hydrogen-bond donors (Lipinski definition) is 0. The summed E-state index contributed by atoms with van der Waals surface area (Å²) in [5.41, 5.74) is 2.01. The number of nitrogens with zero attached hydrogens (tertiary/aromatic N) is 2. The van der Waals surface area contributed by atoms with E-state index >= 15 is 0 Å². The van der Waals surface area contributed by atoms with E-state index in [4.69, 9.17) is 25.8 Å². The van der Waals surface area contributed by atoms with Crippen LogP contribution in [0.5, 0.6) is 17.2 Å². The van der Waals surface area contributed by atoms with Gasteiger partial charge in [-0.15, -0.1) is 0 Å². The molecule has 0 saturated heterocycles. The van der Waals surface area contributed by atoms with Crippen molar-refractivity contribution in [1.29, 1.82) is 0 Å². The number of halogens is 1. The molecule has 0 aliphatic carbocycles. The van der Waals surface area contributed by atoms with Gasteiger partial charge in [0, 0.05) is 37.6 Å². The van der Waals surface area contributed by atoms with Crippen molar-refractivity contribution in [2.24, 2.45) is 0 Å². The van der Waals surface area contributed by atoms with Crippen LogP contribution in [0.1, 0.15) is 5.56 Å². The van der Waals surface area contributed by atoms with E-state index in [9.17, 15) is 0 Å². The van der Waals surface area contributed by atoms with E-state index < -0.39 is 0 Å². The molecule has 22 heavy (non-hydrogen) atoms. The smallest absolute Gasteiger partial charge is 0.203 e. The Labute approximate surface area is 135 Å². The predicted octanol–water partition coefficient (Wildman–Crippen LogP) is 3.40. The van der Waals surface area contributed by atoms with Gasteiger partial charge in [-0.1, -0.05) is 11.6 Å². The molecule has 1 aromatic carbocycles. The normalized spacial score (nSPS) is 10.2. The van der Waals surface area contributed by atoms with Crippen molar-refractivity contribution >= 4 is 17.3 Å². The molecule has 0 radical (unpaired) electrons. The van der Waals surface area contributed by atoms with Crippen LogP contribution in [0.15, 0.2) is 30.5 Å². The number of benzene rings is 1. The van der Waals surface area contributed by atoms with Crippen LogP contribution in [0.2, 0.25) is 5.15 Å². The van der Waals surface area contributed by atoms with E-state index in [-0.39, 0.29) is 0 Å². The van der Waals surface area contributed by atoms with Gasteiger partial charge in [0.15, 0.2) is 11.5 Å². The van der Waals surface area contributed by atoms with Crippen LogP contribution >= 0.6 is 11.6 Å². The predicted molar refractivity (Wildman–Crippen MR) is 87.5 cm³/mol. The Hall–Kier alpha value is -2.14. The molecule has 118 valence electrons. The van der Waals surface area contributed by atoms with E-state index in [0.717, 1.165) is 11.3 Å². The maximum Gasteiger partial charge on any atom is 0.203 e. The summed E-state index contributed by atoms with van der Waals surface area (Å²) in [5.74, 6) is 1.82. The summed E-state index contributed by atoms with van der Waals surface area (Å²) < 4.78 is 16.1. The molecule has 1 heterocycles. The van der Waals surface area contributed by atoms with Crippen LogP contribution in [0, 0.1) is 0 Å². The highest BCUT2D eigenvalue weighted by Crippen LogP contribution is 2.41. The van der Waals surface area contributed by atoms with Crippen LogP contribution in [0.25, 0.3) is 0 Å². The third-order valence-corrected chi connectivity index (χ3v) is 3.51. The molecular formula is C16H19ClN2O3. The van der Waals surface area contributed by atoms with Gasteiger partial charge in [-0.05, 0) is 17.7 Å². The highest BCUT2D eigenvalue weighted by Gasteiger charge is 2.15. The Balaban J connectivity index is 2.31. The maximum atomic E-state index is 5.92. The van der Waals surface area contributed by atoms with Crippen LogP contribution in [0.3, 0.4) is 0 Å². The number of aromatic nitrogens is 1. The molecule has 0 spiro atoms. The zero-order valence-electron chi connectivity index (χ0n) is 13.1. The van der Waals surface area contributed by atoms with E-state index in [1.165, 1.54) is 0 Å². The highest BCUT2D eigenvalue weighted by atomic mass is 35.5. The quantitative estimate of drug-likeness (QED) is 0.763. The first-order valence-electron chi connectivity index (χ1n) is 6.70. The minimum Gasteiger partial charge on any atom is -0.493 e. The van der Waals surface area contributed by atoms with Gasteiger partial charge in [-0.3, -0.25) is 0 Å². The molecule has 6 heteroatoms. The van der Waals surface area contributed by atoms with E-state index in [1.54, 1.807) is 27.5 Å². The second-order valence-corrected chi connectivity index (χ2v) is 5.11. The lowest BCUT2D eigenvalue weighted by Gasteiger charge is -2.22. The van der Waals surface area contributed by atoms with Crippen LogP contribution < -0.4 is 19.1 Å². The van der Waals surface area contributed by atoms with Crippen molar-refractivity contribution in [3.05, 3.63) is 41.2 Å². The average molecular weight is 323 g/mol. The third-order valence-electron chi connectivity index (χ3n) is 3.30. The summed E-state index contributed by atoms with van der Waals surface area (Å²) >= 11 is 5.92. The first-order chi connectivity index (χ1) is 10.6. The molecule has 0 aliphatic heterocycles. The van der Waals surface area contributed by atoms with Gasteiger partial charge >= 0.3 is 0 Å².